The topological polar surface area (TPSA) is 102 Å². The van der Waals surface area contributed by atoms with Gasteiger partial charge in [-0.1, -0.05) is 36.4 Å². The fraction of sp³-hybridized carbons (Fsp3) is 0.500. The molecule has 0 saturated heterocycles. The van der Waals surface area contributed by atoms with Crippen molar-refractivity contribution in [2.24, 2.45) is 0 Å². The first-order valence-corrected chi connectivity index (χ1v) is 16.8. The first kappa shape index (κ1) is 35.0. The Morgan fingerprint density at radius 3 is 1.83 bits per heavy atom. The van der Waals surface area contributed by atoms with E-state index in [0.717, 1.165) is 48.1 Å². The summed E-state index contributed by atoms with van der Waals surface area (Å²) in [7, 11) is -1.04. The number of nitrogens with one attached hydrogen (secondary N) is 1. The van der Waals surface area contributed by atoms with Gasteiger partial charge in [-0.05, 0) is 87.8 Å². The van der Waals surface area contributed by atoms with Gasteiger partial charge in [0.15, 0.2) is 0 Å². The number of amides is 1. The lowest BCUT2D eigenvalue weighted by Gasteiger charge is -2.28. The summed E-state index contributed by atoms with van der Waals surface area (Å²) in [4.78, 5) is 24.0. The molecule has 2 rings (SSSR count). The number of unbranched alkanes of at least 4 members (excludes halogenated alkanes) is 3. The van der Waals surface area contributed by atoms with Crippen LogP contribution in [0.15, 0.2) is 54.6 Å². The smallest absolute Gasteiger partial charge is 0.497 e. The lowest BCUT2D eigenvalue weighted by Crippen LogP contribution is -2.46. The molecule has 2 aromatic carbocycles. The van der Waals surface area contributed by atoms with E-state index in [0.29, 0.717) is 52.0 Å². The average Bonchev–Trinajstić information content (AvgIpc) is 3.00. The Morgan fingerprint density at radius 1 is 0.738 bits per heavy atom. The van der Waals surface area contributed by atoms with Crippen LogP contribution < -0.4 is 10.1 Å². The molecule has 0 fully saturated rings. The number of rotatable bonds is 21. The molecule has 9 nitrogen and oxygen atoms in total. The van der Waals surface area contributed by atoms with Crippen molar-refractivity contribution in [1.29, 1.82) is 0 Å². The van der Waals surface area contributed by atoms with Crippen molar-refractivity contribution in [2.45, 2.75) is 58.9 Å². The zero-order valence-electron chi connectivity index (χ0n) is 25.5. The lowest BCUT2D eigenvalue weighted by molar-refractivity contribution is -0.137. The molecule has 0 saturated carbocycles. The second kappa shape index (κ2) is 20.7. The van der Waals surface area contributed by atoms with Crippen molar-refractivity contribution >= 4 is 26.9 Å². The van der Waals surface area contributed by atoms with E-state index in [4.69, 9.17) is 27.5 Å². The molecule has 1 amide bonds. The summed E-state index contributed by atoms with van der Waals surface area (Å²) in [5.41, 5.74) is 3.10. The number of hydrogen-bond acceptors (Lipinski definition) is 8. The molecule has 0 spiro atoms. The van der Waals surface area contributed by atoms with E-state index in [2.05, 4.69) is 5.32 Å². The highest BCUT2D eigenvalue weighted by Crippen LogP contribution is 2.23. The minimum absolute atomic E-state index is 0.348. The summed E-state index contributed by atoms with van der Waals surface area (Å²) >= 11 is 0. The Hall–Kier alpha value is -3.18. The highest BCUT2D eigenvalue weighted by atomic mass is 28.4. The van der Waals surface area contributed by atoms with E-state index < -0.39 is 14.9 Å². The van der Waals surface area contributed by atoms with Gasteiger partial charge in [-0.15, -0.1) is 0 Å². The third kappa shape index (κ3) is 13.7. The SMILES string of the molecule is CCO[Si](CCCNC(=O)OCCCCCCOC(=O)/C=C/c1ccc(-c2ccc(OC)cc2)cc1)(OCC)OCC. The molecule has 0 unspecified atom stereocenters. The quantitative estimate of drug-likeness (QED) is 0.0735. The predicted octanol–water partition coefficient (Wildman–Crippen LogP) is 6.64. The van der Waals surface area contributed by atoms with Gasteiger partial charge in [0.1, 0.15) is 5.75 Å². The Balaban J connectivity index is 1.52. The van der Waals surface area contributed by atoms with Crippen molar-refractivity contribution < 1.29 is 37.1 Å². The number of ether oxygens (including phenoxy) is 3. The van der Waals surface area contributed by atoms with Crippen LogP contribution in [-0.4, -0.2) is 67.6 Å². The van der Waals surface area contributed by atoms with Crippen molar-refractivity contribution in [3.05, 3.63) is 60.2 Å². The van der Waals surface area contributed by atoms with Crippen LogP contribution in [0.1, 0.15) is 58.4 Å². The van der Waals surface area contributed by atoms with Crippen LogP contribution in [0.4, 0.5) is 4.79 Å². The number of esters is 1. The Kier molecular flexibility index (Phi) is 17.2. The van der Waals surface area contributed by atoms with Gasteiger partial charge in [0, 0.05) is 38.5 Å². The summed E-state index contributed by atoms with van der Waals surface area (Å²) in [6, 6.07) is 16.5. The fourth-order valence-electron chi connectivity index (χ4n) is 4.23. The van der Waals surface area contributed by atoms with Gasteiger partial charge in [0.2, 0.25) is 0 Å². The summed E-state index contributed by atoms with van der Waals surface area (Å²) < 4.78 is 33.2. The highest BCUT2D eigenvalue weighted by molar-refractivity contribution is 6.60. The Labute approximate surface area is 251 Å². The molecule has 0 aromatic heterocycles. The van der Waals surface area contributed by atoms with Crippen molar-refractivity contribution in [3.8, 4) is 16.9 Å². The minimum atomic E-state index is -2.69. The second-order valence-corrected chi connectivity index (χ2v) is 12.1. The van der Waals surface area contributed by atoms with E-state index in [1.54, 1.807) is 13.2 Å². The molecule has 10 heteroatoms. The zero-order valence-corrected chi connectivity index (χ0v) is 26.5. The molecule has 1 N–H and O–H groups in total. The van der Waals surface area contributed by atoms with Gasteiger partial charge < -0.3 is 32.8 Å². The summed E-state index contributed by atoms with van der Waals surface area (Å²) in [6.45, 7) is 8.54. The summed E-state index contributed by atoms with van der Waals surface area (Å²) in [5.74, 6) is 0.457. The van der Waals surface area contributed by atoms with Gasteiger partial charge in [0.05, 0.1) is 20.3 Å². The second-order valence-electron chi connectivity index (χ2n) is 9.41. The molecule has 0 radical (unpaired) electrons. The summed E-state index contributed by atoms with van der Waals surface area (Å²) in [6.07, 6.45) is 6.73. The van der Waals surface area contributed by atoms with Gasteiger partial charge in [-0.3, -0.25) is 0 Å². The number of carbonyl (C=O) groups is 2. The van der Waals surface area contributed by atoms with Gasteiger partial charge in [-0.2, -0.15) is 0 Å². The van der Waals surface area contributed by atoms with Crippen LogP contribution in [0, 0.1) is 0 Å². The molecule has 0 aliphatic rings. The van der Waals surface area contributed by atoms with Crippen molar-refractivity contribution in [1.82, 2.24) is 5.32 Å². The van der Waals surface area contributed by atoms with Crippen LogP contribution in [0.25, 0.3) is 17.2 Å². The minimum Gasteiger partial charge on any atom is -0.497 e. The van der Waals surface area contributed by atoms with Crippen LogP contribution in [-0.2, 0) is 27.5 Å². The van der Waals surface area contributed by atoms with E-state index in [1.807, 2.05) is 69.3 Å². The molecule has 0 heterocycles. The predicted molar refractivity (Wildman–Crippen MR) is 166 cm³/mol. The van der Waals surface area contributed by atoms with E-state index in [9.17, 15) is 9.59 Å². The standard InChI is InChI=1S/C32H47NO8Si/c1-5-39-42(40-6-2,41-7-3)26-12-23-33-32(35)38-25-11-9-8-10-24-37-31(34)22-15-27-13-16-28(17-14-27)29-18-20-30(36-4)21-19-29/h13-22H,5-12,23-26H2,1-4H3,(H,33,35)/b22-15+. The molecule has 0 atom stereocenters. The van der Waals surface area contributed by atoms with E-state index in [1.165, 1.54) is 6.08 Å². The summed E-state index contributed by atoms with van der Waals surface area (Å²) in [5, 5.41) is 2.77. The van der Waals surface area contributed by atoms with Gasteiger partial charge in [0.25, 0.3) is 0 Å². The Bertz CT molecular complexity index is 1040. The molecule has 0 aliphatic carbocycles. The maximum absolute atomic E-state index is 12.0. The van der Waals surface area contributed by atoms with Crippen LogP contribution in [0.5, 0.6) is 5.75 Å². The monoisotopic (exact) mass is 601 g/mol. The highest BCUT2D eigenvalue weighted by Gasteiger charge is 2.39. The van der Waals surface area contributed by atoms with Crippen LogP contribution in [0.2, 0.25) is 6.04 Å². The van der Waals surface area contributed by atoms with Crippen molar-refractivity contribution in [3.63, 3.8) is 0 Å². The number of methoxy groups -OCH3 is 1. The third-order valence-electron chi connectivity index (χ3n) is 6.28. The maximum Gasteiger partial charge on any atom is 0.500 e. The first-order valence-electron chi connectivity index (χ1n) is 14.9. The van der Waals surface area contributed by atoms with Crippen molar-refractivity contribution in [2.75, 3.05) is 46.7 Å². The average molecular weight is 602 g/mol. The molecular weight excluding hydrogens is 554 g/mol. The molecular formula is C32H47NO8Si. The number of benzene rings is 2. The van der Waals surface area contributed by atoms with Crippen LogP contribution >= 0.6 is 0 Å². The molecule has 0 bridgehead atoms. The zero-order chi connectivity index (χ0) is 30.5. The van der Waals surface area contributed by atoms with Gasteiger partial charge >= 0.3 is 20.9 Å². The number of carbonyl (C=O) groups excluding carboxylic acids is 2. The lowest BCUT2D eigenvalue weighted by atomic mass is 10.0. The van der Waals surface area contributed by atoms with E-state index >= 15 is 0 Å². The maximum atomic E-state index is 12.0. The largest absolute Gasteiger partial charge is 0.500 e. The molecule has 2 aromatic rings. The molecule has 42 heavy (non-hydrogen) atoms. The third-order valence-corrected chi connectivity index (χ3v) is 9.44. The number of alkyl carbamates (subject to hydrolysis) is 1. The van der Waals surface area contributed by atoms with E-state index in [-0.39, 0.29) is 5.97 Å². The molecule has 0 aliphatic heterocycles. The van der Waals surface area contributed by atoms with Crippen LogP contribution in [0.3, 0.4) is 0 Å². The Morgan fingerprint density at radius 2 is 1.29 bits per heavy atom. The van der Waals surface area contributed by atoms with Gasteiger partial charge in [-0.25, -0.2) is 9.59 Å². The fourth-order valence-corrected chi connectivity index (χ4v) is 6.84. The first-order chi connectivity index (χ1) is 20.4. The number of hydrogen-bond donors (Lipinski definition) is 1. The normalized spacial score (nSPS) is 11.4. The molecule has 232 valence electrons.